The Morgan fingerprint density at radius 3 is 2.68 bits per heavy atom. The number of hydrogen-bond donors (Lipinski definition) is 0. The molecule has 2 aromatic heterocycles. The first-order valence-corrected chi connectivity index (χ1v) is 6.81. The van der Waals surface area contributed by atoms with E-state index in [0.717, 1.165) is 28.1 Å². The topological polar surface area (TPSA) is 26.5 Å². The first-order valence-electron chi connectivity index (χ1n) is 6.02. The molecule has 3 aromatic rings. The van der Waals surface area contributed by atoms with Crippen molar-refractivity contribution in [3.63, 3.8) is 0 Å². The Morgan fingerprint density at radius 1 is 1.16 bits per heavy atom. The van der Waals surface area contributed by atoms with Gasteiger partial charge in [-0.25, -0.2) is 4.98 Å². The number of halogens is 1. The lowest BCUT2D eigenvalue weighted by molar-refractivity contribution is 0.412. The number of fused-ring (bicyclic) bond motifs is 1. The van der Waals surface area contributed by atoms with Crippen molar-refractivity contribution < 1.29 is 4.74 Å². The number of aromatic nitrogens is 2. The van der Waals surface area contributed by atoms with Crippen molar-refractivity contribution in [2.24, 2.45) is 0 Å². The monoisotopic (exact) mass is 316 g/mol. The van der Waals surface area contributed by atoms with Crippen LogP contribution in [0.2, 0.25) is 0 Å². The van der Waals surface area contributed by atoms with Crippen molar-refractivity contribution in [3.05, 3.63) is 64.7 Å². The van der Waals surface area contributed by atoms with Gasteiger partial charge in [0.25, 0.3) is 0 Å². The molecule has 4 heteroatoms. The second-order valence-corrected chi connectivity index (χ2v) is 5.06. The lowest BCUT2D eigenvalue weighted by atomic mass is 10.1. The van der Waals surface area contributed by atoms with Gasteiger partial charge >= 0.3 is 0 Å². The molecule has 0 spiro atoms. The smallest absolute Gasteiger partial charge is 0.135 e. The highest BCUT2D eigenvalue weighted by Gasteiger charge is 2.10. The summed E-state index contributed by atoms with van der Waals surface area (Å²) in [6.07, 6.45) is 2.76. The van der Waals surface area contributed by atoms with Crippen LogP contribution in [0.3, 0.4) is 0 Å². The maximum Gasteiger partial charge on any atom is 0.135 e. The van der Waals surface area contributed by atoms with Crippen molar-refractivity contribution in [1.82, 2.24) is 9.38 Å². The van der Waals surface area contributed by atoms with E-state index in [-0.39, 0.29) is 0 Å². The molecule has 0 fully saturated rings. The fourth-order valence-corrected chi connectivity index (χ4v) is 2.64. The minimum atomic E-state index is 0.792. The number of hydrogen-bond acceptors (Lipinski definition) is 2. The molecular formula is C15H13BrN2O. The van der Waals surface area contributed by atoms with Gasteiger partial charge in [0, 0.05) is 6.42 Å². The number of methoxy groups -OCH3 is 1. The van der Waals surface area contributed by atoms with Crippen LogP contribution in [0.1, 0.15) is 11.4 Å². The highest BCUT2D eigenvalue weighted by atomic mass is 79.9. The van der Waals surface area contributed by atoms with Crippen LogP contribution in [-0.4, -0.2) is 16.5 Å². The standard InChI is InChI=1S/C15H13BrN2O/c1-19-12-7-8-13-15(16)17-14(18(13)10-12)9-11-5-3-2-4-6-11/h2-8,10H,9H2,1H3. The first-order chi connectivity index (χ1) is 9.28. The lowest BCUT2D eigenvalue weighted by Crippen LogP contribution is -1.97. The van der Waals surface area contributed by atoms with Crippen LogP contribution < -0.4 is 4.74 Å². The van der Waals surface area contributed by atoms with Gasteiger partial charge in [-0.3, -0.25) is 4.40 Å². The Hall–Kier alpha value is -1.81. The van der Waals surface area contributed by atoms with Crippen molar-refractivity contribution in [1.29, 1.82) is 0 Å². The number of benzene rings is 1. The van der Waals surface area contributed by atoms with E-state index in [9.17, 15) is 0 Å². The molecule has 0 amide bonds. The zero-order valence-corrected chi connectivity index (χ0v) is 12.1. The molecular weight excluding hydrogens is 304 g/mol. The van der Waals surface area contributed by atoms with E-state index in [1.807, 2.05) is 36.5 Å². The Morgan fingerprint density at radius 2 is 1.95 bits per heavy atom. The second-order valence-electron chi connectivity index (χ2n) is 4.31. The molecule has 0 aliphatic heterocycles. The molecule has 0 radical (unpaired) electrons. The Kier molecular flexibility index (Phi) is 3.25. The van der Waals surface area contributed by atoms with Gasteiger partial charge in [-0.05, 0) is 33.6 Å². The van der Waals surface area contributed by atoms with E-state index in [0.29, 0.717) is 0 Å². The summed E-state index contributed by atoms with van der Waals surface area (Å²) >= 11 is 3.50. The zero-order valence-electron chi connectivity index (χ0n) is 10.5. The van der Waals surface area contributed by atoms with Crippen LogP contribution in [0.5, 0.6) is 5.75 Å². The number of pyridine rings is 1. The third-order valence-corrected chi connectivity index (χ3v) is 3.66. The van der Waals surface area contributed by atoms with Gasteiger partial charge in [0.05, 0.1) is 18.8 Å². The Labute approximate surface area is 120 Å². The maximum absolute atomic E-state index is 5.27. The van der Waals surface area contributed by atoms with Crippen LogP contribution in [0.25, 0.3) is 5.52 Å². The third kappa shape index (κ3) is 2.36. The van der Waals surface area contributed by atoms with Crippen molar-refractivity contribution in [3.8, 4) is 5.75 Å². The molecule has 3 nitrogen and oxygen atoms in total. The van der Waals surface area contributed by atoms with Crippen LogP contribution >= 0.6 is 15.9 Å². The third-order valence-electron chi connectivity index (χ3n) is 3.08. The second kappa shape index (κ2) is 5.05. The summed E-state index contributed by atoms with van der Waals surface area (Å²) in [6.45, 7) is 0. The van der Waals surface area contributed by atoms with Crippen molar-refractivity contribution in [2.75, 3.05) is 7.11 Å². The highest BCUT2D eigenvalue weighted by Crippen LogP contribution is 2.23. The van der Waals surface area contributed by atoms with Crippen molar-refractivity contribution in [2.45, 2.75) is 6.42 Å². The van der Waals surface area contributed by atoms with Gasteiger partial charge < -0.3 is 4.74 Å². The number of rotatable bonds is 3. The zero-order chi connectivity index (χ0) is 13.2. The number of imidazole rings is 1. The summed E-state index contributed by atoms with van der Waals surface area (Å²) in [5, 5.41) is 0. The quantitative estimate of drug-likeness (QED) is 0.736. The highest BCUT2D eigenvalue weighted by molar-refractivity contribution is 9.10. The minimum absolute atomic E-state index is 0.792. The van der Waals surface area contributed by atoms with Crippen LogP contribution in [0, 0.1) is 0 Å². The Bertz CT molecular complexity index is 707. The van der Waals surface area contributed by atoms with Gasteiger partial charge in [0.2, 0.25) is 0 Å². The van der Waals surface area contributed by atoms with E-state index >= 15 is 0 Å². The molecule has 1 aromatic carbocycles. The van der Waals surface area contributed by atoms with Gasteiger partial charge in [-0.1, -0.05) is 30.3 Å². The molecule has 3 rings (SSSR count). The summed E-state index contributed by atoms with van der Waals surface area (Å²) < 4.78 is 8.20. The molecule has 19 heavy (non-hydrogen) atoms. The average Bonchev–Trinajstić information content (AvgIpc) is 2.76. The molecule has 0 aliphatic carbocycles. The van der Waals surface area contributed by atoms with Crippen LogP contribution in [0.4, 0.5) is 0 Å². The number of nitrogens with zero attached hydrogens (tertiary/aromatic N) is 2. The molecule has 0 unspecified atom stereocenters. The number of ether oxygens (including phenoxy) is 1. The normalized spacial score (nSPS) is 10.8. The van der Waals surface area contributed by atoms with E-state index in [1.54, 1.807) is 7.11 Å². The van der Waals surface area contributed by atoms with Gasteiger partial charge in [0.15, 0.2) is 0 Å². The van der Waals surface area contributed by atoms with Gasteiger partial charge in [0.1, 0.15) is 16.2 Å². The summed E-state index contributed by atoms with van der Waals surface area (Å²) in [5.41, 5.74) is 2.29. The molecule has 0 saturated heterocycles. The Balaban J connectivity index is 2.08. The average molecular weight is 317 g/mol. The lowest BCUT2D eigenvalue weighted by Gasteiger charge is -2.04. The predicted molar refractivity (Wildman–Crippen MR) is 78.7 cm³/mol. The van der Waals surface area contributed by atoms with Crippen LogP contribution in [-0.2, 0) is 6.42 Å². The van der Waals surface area contributed by atoms with E-state index < -0.39 is 0 Å². The van der Waals surface area contributed by atoms with Gasteiger partial charge in [-0.2, -0.15) is 0 Å². The first kappa shape index (κ1) is 12.2. The molecule has 0 N–H and O–H groups in total. The molecule has 0 atom stereocenters. The molecule has 96 valence electrons. The summed E-state index contributed by atoms with van der Waals surface area (Å²) in [7, 11) is 1.67. The SMILES string of the molecule is COc1ccc2c(Br)nc(Cc3ccccc3)n2c1. The molecule has 0 aliphatic rings. The molecule has 2 heterocycles. The fraction of sp³-hybridized carbons (Fsp3) is 0.133. The molecule has 0 saturated carbocycles. The van der Waals surface area contributed by atoms with E-state index in [1.165, 1.54) is 5.56 Å². The van der Waals surface area contributed by atoms with E-state index in [4.69, 9.17) is 4.74 Å². The largest absolute Gasteiger partial charge is 0.495 e. The summed E-state index contributed by atoms with van der Waals surface area (Å²) in [5.74, 6) is 1.82. The van der Waals surface area contributed by atoms with Crippen LogP contribution in [0.15, 0.2) is 53.3 Å². The fourth-order valence-electron chi connectivity index (χ4n) is 2.11. The van der Waals surface area contributed by atoms with Gasteiger partial charge in [-0.15, -0.1) is 0 Å². The predicted octanol–water partition coefficient (Wildman–Crippen LogP) is 3.70. The minimum Gasteiger partial charge on any atom is -0.495 e. The molecule has 0 bridgehead atoms. The van der Waals surface area contributed by atoms with Crippen molar-refractivity contribution >= 4 is 21.4 Å². The summed E-state index contributed by atoms with van der Waals surface area (Å²) in [6, 6.07) is 14.3. The van der Waals surface area contributed by atoms with E-state index in [2.05, 4.69) is 37.4 Å². The maximum atomic E-state index is 5.27. The summed E-state index contributed by atoms with van der Waals surface area (Å²) in [4.78, 5) is 4.58.